The Balaban J connectivity index is 1.33. The summed E-state index contributed by atoms with van der Waals surface area (Å²) in [5.41, 5.74) is 1.41. The molecule has 0 N–H and O–H groups in total. The van der Waals surface area contributed by atoms with Gasteiger partial charge in [0.2, 0.25) is 0 Å². The molecule has 0 aromatic rings. The van der Waals surface area contributed by atoms with E-state index in [0.717, 1.165) is 58.0 Å². The van der Waals surface area contributed by atoms with Crippen molar-refractivity contribution in [3.05, 3.63) is 11.6 Å². The number of hydrogen-bond acceptors (Lipinski definition) is 6. The van der Waals surface area contributed by atoms with Gasteiger partial charge in [0.1, 0.15) is 12.2 Å². The van der Waals surface area contributed by atoms with Crippen molar-refractivity contribution in [1.82, 2.24) is 0 Å². The van der Waals surface area contributed by atoms with E-state index >= 15 is 0 Å². The Hall–Kier alpha value is -1.40. The quantitative estimate of drug-likeness (QED) is 0.341. The van der Waals surface area contributed by atoms with Crippen molar-refractivity contribution in [2.24, 2.45) is 46.3 Å². The van der Waals surface area contributed by atoms with Gasteiger partial charge >= 0.3 is 11.9 Å². The molecule has 6 aliphatic rings. The number of esters is 2. The summed E-state index contributed by atoms with van der Waals surface area (Å²) in [7, 11) is 0. The van der Waals surface area contributed by atoms with Gasteiger partial charge in [-0.05, 0) is 74.0 Å². The van der Waals surface area contributed by atoms with Crippen LogP contribution in [0.15, 0.2) is 11.6 Å². The molecule has 0 bridgehead atoms. The van der Waals surface area contributed by atoms with Crippen LogP contribution in [0.3, 0.4) is 0 Å². The first-order valence-corrected chi connectivity index (χ1v) is 14.9. The van der Waals surface area contributed by atoms with Crippen molar-refractivity contribution in [1.29, 1.82) is 0 Å². The van der Waals surface area contributed by atoms with E-state index in [1.165, 1.54) is 12.5 Å². The summed E-state index contributed by atoms with van der Waals surface area (Å²) in [6.07, 6.45) is 10.6. The van der Waals surface area contributed by atoms with E-state index in [1.54, 1.807) is 6.92 Å². The van der Waals surface area contributed by atoms with Crippen molar-refractivity contribution in [2.45, 2.75) is 117 Å². The van der Waals surface area contributed by atoms with Crippen molar-refractivity contribution >= 4 is 11.9 Å². The monoisotopic (exact) mass is 514 g/mol. The molecule has 0 aromatic heterocycles. The minimum atomic E-state index is -0.511. The molecular weight excluding hydrogens is 468 g/mol. The third-order valence-electron chi connectivity index (χ3n) is 12.0. The molecule has 6 rings (SSSR count). The van der Waals surface area contributed by atoms with Crippen LogP contribution in [-0.4, -0.2) is 42.6 Å². The van der Waals surface area contributed by atoms with Crippen molar-refractivity contribution in [3.8, 4) is 0 Å². The van der Waals surface area contributed by atoms with Crippen LogP contribution in [0.25, 0.3) is 0 Å². The maximum Gasteiger partial charge on any atom is 0.302 e. The van der Waals surface area contributed by atoms with Crippen LogP contribution < -0.4 is 0 Å². The smallest absolute Gasteiger partial charge is 0.302 e. The Morgan fingerprint density at radius 3 is 2.41 bits per heavy atom. The molecule has 6 nitrogen and oxygen atoms in total. The zero-order valence-corrected chi connectivity index (χ0v) is 23.6. The molecule has 4 aliphatic carbocycles. The fourth-order valence-corrected chi connectivity index (χ4v) is 10.1. The first-order valence-electron chi connectivity index (χ1n) is 14.9. The van der Waals surface area contributed by atoms with Gasteiger partial charge in [-0.1, -0.05) is 39.3 Å². The highest BCUT2D eigenvalue weighted by atomic mass is 16.7. The number of hydrogen-bond donors (Lipinski definition) is 0. The lowest BCUT2D eigenvalue weighted by atomic mass is 9.45. The van der Waals surface area contributed by atoms with Crippen LogP contribution in [-0.2, 0) is 28.5 Å². The molecule has 0 amide bonds. The molecule has 6 heteroatoms. The van der Waals surface area contributed by atoms with E-state index in [-0.39, 0.29) is 52.9 Å². The molecule has 2 heterocycles. The summed E-state index contributed by atoms with van der Waals surface area (Å²) in [6, 6.07) is 0. The first kappa shape index (κ1) is 25.9. The second kappa shape index (κ2) is 8.81. The van der Waals surface area contributed by atoms with E-state index in [0.29, 0.717) is 23.7 Å². The highest BCUT2D eigenvalue weighted by Crippen LogP contribution is 2.70. The minimum absolute atomic E-state index is 0.0189. The zero-order chi connectivity index (χ0) is 26.3. The molecule has 2 aliphatic heterocycles. The number of fused-ring (bicyclic) bond motifs is 7. The van der Waals surface area contributed by atoms with E-state index in [9.17, 15) is 9.59 Å². The Morgan fingerprint density at radius 1 is 0.973 bits per heavy atom. The van der Waals surface area contributed by atoms with E-state index in [1.807, 2.05) is 0 Å². The largest absolute Gasteiger partial charge is 0.463 e. The topological polar surface area (TPSA) is 71.1 Å². The Labute approximate surface area is 222 Å². The van der Waals surface area contributed by atoms with Crippen molar-refractivity contribution in [3.63, 3.8) is 0 Å². The summed E-state index contributed by atoms with van der Waals surface area (Å²) < 4.78 is 25.2. The van der Waals surface area contributed by atoms with Gasteiger partial charge in [-0.3, -0.25) is 9.59 Å². The number of ether oxygens (including phenoxy) is 4. The number of rotatable bonds is 2. The van der Waals surface area contributed by atoms with Gasteiger partial charge in [0.25, 0.3) is 0 Å². The second-order valence-corrected chi connectivity index (χ2v) is 13.9. The summed E-state index contributed by atoms with van der Waals surface area (Å²) in [6.45, 7) is 13.2. The van der Waals surface area contributed by atoms with Crippen LogP contribution in [0, 0.1) is 46.3 Å². The maximum absolute atomic E-state index is 12.5. The molecule has 3 saturated carbocycles. The lowest BCUT2D eigenvalue weighted by Gasteiger charge is -2.61. The van der Waals surface area contributed by atoms with E-state index in [4.69, 9.17) is 18.9 Å². The predicted octanol–water partition coefficient (Wildman–Crippen LogP) is 5.83. The highest BCUT2D eigenvalue weighted by Gasteiger charge is 2.69. The standard InChI is InChI=1S/C31H46O6/c1-17-9-12-31(34-16-17)18(2)28-26(37-31)14-25-23-8-7-21-13-22(35-19(3)32)10-11-29(21,5)24(23)15-27(30(25,28)6)36-20(4)33/h14,17-18,21-24,26-28H,7-13,15-16H2,1-6H3/t17-,18+,21?,22+,23-,24+,26+,27-,28+,29+,30-,31-/m1/s1. The van der Waals surface area contributed by atoms with Crippen LogP contribution in [0.2, 0.25) is 0 Å². The van der Waals surface area contributed by atoms with Gasteiger partial charge < -0.3 is 18.9 Å². The summed E-state index contributed by atoms with van der Waals surface area (Å²) in [5, 5.41) is 0. The first-order chi connectivity index (χ1) is 17.5. The van der Waals surface area contributed by atoms with E-state index < -0.39 is 5.79 Å². The second-order valence-electron chi connectivity index (χ2n) is 13.9. The number of carbonyl (C=O) groups is 2. The van der Waals surface area contributed by atoms with Crippen LogP contribution in [0.4, 0.5) is 0 Å². The molecule has 37 heavy (non-hydrogen) atoms. The predicted molar refractivity (Wildman–Crippen MR) is 138 cm³/mol. The fraction of sp³-hybridized carbons (Fsp3) is 0.871. The van der Waals surface area contributed by atoms with Gasteiger partial charge in [-0.2, -0.15) is 0 Å². The molecule has 12 atom stereocenters. The maximum atomic E-state index is 12.5. The molecular formula is C31H46O6. The molecule has 2 saturated heterocycles. The highest BCUT2D eigenvalue weighted by molar-refractivity contribution is 5.66. The van der Waals surface area contributed by atoms with Gasteiger partial charge in [-0.25, -0.2) is 0 Å². The minimum Gasteiger partial charge on any atom is -0.463 e. The summed E-state index contributed by atoms with van der Waals surface area (Å²) >= 11 is 0. The van der Waals surface area contributed by atoms with Gasteiger partial charge in [0.05, 0.1) is 12.7 Å². The Morgan fingerprint density at radius 2 is 1.73 bits per heavy atom. The summed E-state index contributed by atoms with van der Waals surface area (Å²) in [5.74, 6) is 1.69. The van der Waals surface area contributed by atoms with Gasteiger partial charge in [0.15, 0.2) is 5.79 Å². The molecule has 1 spiro atoms. The van der Waals surface area contributed by atoms with Crippen molar-refractivity contribution < 1.29 is 28.5 Å². The van der Waals surface area contributed by atoms with Crippen LogP contribution in [0.5, 0.6) is 0 Å². The average molecular weight is 515 g/mol. The molecule has 0 radical (unpaired) electrons. The third kappa shape index (κ3) is 3.78. The molecule has 206 valence electrons. The average Bonchev–Trinajstić information content (AvgIpc) is 3.27. The number of carbonyl (C=O) groups excluding carboxylic acids is 2. The lowest BCUT2D eigenvalue weighted by Crippen LogP contribution is -2.58. The van der Waals surface area contributed by atoms with Crippen LogP contribution >= 0.6 is 0 Å². The molecule has 5 fully saturated rings. The Bertz CT molecular complexity index is 980. The molecule has 0 aromatic carbocycles. The van der Waals surface area contributed by atoms with Gasteiger partial charge in [-0.15, -0.1) is 0 Å². The fourth-order valence-electron chi connectivity index (χ4n) is 10.1. The van der Waals surface area contributed by atoms with E-state index in [2.05, 4.69) is 33.8 Å². The summed E-state index contributed by atoms with van der Waals surface area (Å²) in [4.78, 5) is 24.1. The Kier molecular flexibility index (Phi) is 6.15. The SMILES string of the molecule is CC(=O)O[C@H]1CC[C@@]2(C)C(CC[C@H]3C4=C[C@@H]5O[C@]6(CC[C@@H](C)CO6)[C@@H](C)[C@@H]5[C@@]4(C)[C@H](OC(C)=O)C[C@@H]32)C1. The van der Waals surface area contributed by atoms with Crippen molar-refractivity contribution in [2.75, 3.05) is 6.61 Å². The zero-order valence-electron chi connectivity index (χ0n) is 23.6. The third-order valence-corrected chi connectivity index (χ3v) is 12.0. The normalized spacial score (nSPS) is 52.4. The molecule has 1 unspecified atom stereocenters. The lowest BCUT2D eigenvalue weighted by molar-refractivity contribution is -0.265. The van der Waals surface area contributed by atoms with Gasteiger partial charge in [0, 0.05) is 37.5 Å². The van der Waals surface area contributed by atoms with Crippen LogP contribution in [0.1, 0.15) is 92.9 Å².